The van der Waals surface area contributed by atoms with Crippen molar-refractivity contribution in [1.29, 1.82) is 0 Å². The molecule has 1 fully saturated rings. The molecule has 7 heteroatoms. The Kier molecular flexibility index (Phi) is 8.15. The van der Waals surface area contributed by atoms with E-state index in [1.807, 2.05) is 32.9 Å². The van der Waals surface area contributed by atoms with E-state index in [0.717, 1.165) is 36.0 Å². The molecule has 0 aromatic heterocycles. The molecular weight excluding hydrogens is 348 g/mol. The van der Waals surface area contributed by atoms with Crippen LogP contribution in [0, 0.1) is 20.8 Å². The Hall–Kier alpha value is -0.660. The number of nitrogens with two attached hydrogens (primary N) is 1. The summed E-state index contributed by atoms with van der Waals surface area (Å²) in [6.45, 7) is 8.04. The Morgan fingerprint density at radius 1 is 1.17 bits per heavy atom. The van der Waals surface area contributed by atoms with Gasteiger partial charge in [0.25, 0.3) is 0 Å². The number of rotatable bonds is 6. The van der Waals surface area contributed by atoms with Crippen molar-refractivity contribution in [3.05, 3.63) is 28.8 Å². The summed E-state index contributed by atoms with van der Waals surface area (Å²) in [6.07, 6.45) is 2.48. The maximum Gasteiger partial charge on any atom is 0.243 e. The first-order valence-corrected chi connectivity index (χ1v) is 9.70. The predicted molar refractivity (Wildman–Crippen MR) is 99.3 cm³/mol. The van der Waals surface area contributed by atoms with E-state index < -0.39 is 10.0 Å². The predicted octanol–water partition coefficient (Wildman–Crippen LogP) is 2.55. The molecule has 1 aromatic rings. The number of aryl methyl sites for hydroxylation is 3. The van der Waals surface area contributed by atoms with Crippen molar-refractivity contribution in [2.24, 2.45) is 5.73 Å². The third-order valence-electron chi connectivity index (χ3n) is 4.31. The Morgan fingerprint density at radius 3 is 2.21 bits per heavy atom. The fourth-order valence-electron chi connectivity index (χ4n) is 3.28. The molecule has 138 valence electrons. The van der Waals surface area contributed by atoms with Crippen LogP contribution in [0.1, 0.15) is 36.0 Å². The molecule has 1 aliphatic rings. The second kappa shape index (κ2) is 9.15. The smallest absolute Gasteiger partial charge is 0.243 e. The Labute approximate surface area is 152 Å². The average Bonchev–Trinajstić information content (AvgIpc) is 2.46. The first-order valence-electron chi connectivity index (χ1n) is 8.26. The van der Waals surface area contributed by atoms with E-state index in [4.69, 9.17) is 10.5 Å². The molecule has 0 amide bonds. The van der Waals surface area contributed by atoms with Gasteiger partial charge in [0.15, 0.2) is 0 Å². The maximum absolute atomic E-state index is 13.0. The molecule has 1 aliphatic heterocycles. The summed E-state index contributed by atoms with van der Waals surface area (Å²) < 4.78 is 33.3. The van der Waals surface area contributed by atoms with Crippen LogP contribution in [-0.4, -0.2) is 45.1 Å². The summed E-state index contributed by atoms with van der Waals surface area (Å²) in [7, 11) is -3.43. The van der Waals surface area contributed by atoms with Crippen LogP contribution in [0.5, 0.6) is 0 Å². The minimum Gasteiger partial charge on any atom is -0.378 e. The minimum absolute atomic E-state index is 0. The van der Waals surface area contributed by atoms with Gasteiger partial charge in [-0.25, -0.2) is 8.42 Å². The summed E-state index contributed by atoms with van der Waals surface area (Å²) in [5.74, 6) is 0. The fraction of sp³-hybridized carbons (Fsp3) is 0.647. The molecule has 2 rings (SSSR count). The first kappa shape index (κ1) is 21.4. The lowest BCUT2D eigenvalue weighted by molar-refractivity contribution is 0.0209. The highest BCUT2D eigenvalue weighted by atomic mass is 35.5. The van der Waals surface area contributed by atoms with Crippen LogP contribution in [0.4, 0.5) is 0 Å². The van der Waals surface area contributed by atoms with Crippen LogP contribution in [0.15, 0.2) is 17.0 Å². The molecule has 1 saturated heterocycles. The molecule has 24 heavy (non-hydrogen) atoms. The molecule has 2 N–H and O–H groups in total. The number of hydrogen-bond donors (Lipinski definition) is 1. The number of ether oxygens (including phenoxy) is 1. The van der Waals surface area contributed by atoms with Gasteiger partial charge in [-0.2, -0.15) is 4.31 Å². The molecule has 0 bridgehead atoms. The highest BCUT2D eigenvalue weighted by Gasteiger charge is 2.31. The van der Waals surface area contributed by atoms with E-state index in [0.29, 0.717) is 31.1 Å². The number of nitrogens with zero attached hydrogens (tertiary/aromatic N) is 1. The van der Waals surface area contributed by atoms with E-state index in [9.17, 15) is 8.42 Å². The normalized spacial score (nSPS) is 16.8. The zero-order valence-electron chi connectivity index (χ0n) is 14.7. The molecule has 0 spiro atoms. The van der Waals surface area contributed by atoms with Crippen LogP contribution in [0.25, 0.3) is 0 Å². The number of hydrogen-bond acceptors (Lipinski definition) is 4. The lowest BCUT2D eigenvalue weighted by Crippen LogP contribution is -2.41. The summed E-state index contributed by atoms with van der Waals surface area (Å²) in [5.41, 5.74) is 8.19. The topological polar surface area (TPSA) is 72.6 Å². The molecular formula is C17H29ClN2O3S. The van der Waals surface area contributed by atoms with Crippen molar-refractivity contribution in [3.8, 4) is 0 Å². The minimum atomic E-state index is -3.43. The van der Waals surface area contributed by atoms with Gasteiger partial charge in [-0.1, -0.05) is 17.7 Å². The highest BCUT2D eigenvalue weighted by Crippen LogP contribution is 2.27. The van der Waals surface area contributed by atoms with Gasteiger partial charge in [-0.3, -0.25) is 0 Å². The summed E-state index contributed by atoms with van der Waals surface area (Å²) in [4.78, 5) is 0.464. The van der Waals surface area contributed by atoms with Gasteiger partial charge < -0.3 is 10.5 Å². The van der Waals surface area contributed by atoms with E-state index in [1.54, 1.807) is 4.31 Å². The standard InChI is InChI=1S/C17H28N2O3S.ClH/c1-13-11-14(2)17(15(3)12-13)23(20,21)19-8-5-16(6-9-19)22-10-4-7-18;/h11-12,16H,4-10,18H2,1-3H3;1H. The number of sulfonamides is 1. The third kappa shape index (κ3) is 4.92. The summed E-state index contributed by atoms with van der Waals surface area (Å²) >= 11 is 0. The molecule has 1 heterocycles. The number of benzene rings is 1. The molecule has 0 unspecified atom stereocenters. The Balaban J connectivity index is 0.00000288. The van der Waals surface area contributed by atoms with E-state index in [2.05, 4.69) is 0 Å². The summed E-state index contributed by atoms with van der Waals surface area (Å²) in [5, 5.41) is 0. The highest BCUT2D eigenvalue weighted by molar-refractivity contribution is 7.89. The first-order chi connectivity index (χ1) is 10.9. The van der Waals surface area contributed by atoms with Crippen molar-refractivity contribution in [3.63, 3.8) is 0 Å². The summed E-state index contributed by atoms with van der Waals surface area (Å²) in [6, 6.07) is 3.87. The van der Waals surface area contributed by atoms with Crippen LogP contribution in [-0.2, 0) is 14.8 Å². The third-order valence-corrected chi connectivity index (χ3v) is 6.51. The van der Waals surface area contributed by atoms with Gasteiger partial charge in [0, 0.05) is 19.7 Å². The van der Waals surface area contributed by atoms with Crippen molar-refractivity contribution in [2.75, 3.05) is 26.2 Å². The average molecular weight is 377 g/mol. The van der Waals surface area contributed by atoms with E-state index >= 15 is 0 Å². The van der Waals surface area contributed by atoms with Crippen LogP contribution >= 0.6 is 12.4 Å². The molecule has 0 saturated carbocycles. The van der Waals surface area contributed by atoms with Crippen LogP contribution in [0.3, 0.4) is 0 Å². The van der Waals surface area contributed by atoms with Gasteiger partial charge in [-0.05, 0) is 57.7 Å². The van der Waals surface area contributed by atoms with Crippen LogP contribution in [0.2, 0.25) is 0 Å². The van der Waals surface area contributed by atoms with Crippen LogP contribution < -0.4 is 5.73 Å². The Morgan fingerprint density at radius 2 is 1.71 bits per heavy atom. The maximum atomic E-state index is 13.0. The lowest BCUT2D eigenvalue weighted by Gasteiger charge is -2.32. The Bertz CT molecular complexity index is 618. The second-order valence-electron chi connectivity index (χ2n) is 6.34. The molecule has 0 atom stereocenters. The van der Waals surface area contributed by atoms with Gasteiger partial charge in [0.05, 0.1) is 11.0 Å². The molecule has 5 nitrogen and oxygen atoms in total. The molecule has 0 aliphatic carbocycles. The lowest BCUT2D eigenvalue weighted by atomic mass is 10.1. The second-order valence-corrected chi connectivity index (χ2v) is 8.22. The zero-order valence-corrected chi connectivity index (χ0v) is 16.4. The largest absolute Gasteiger partial charge is 0.378 e. The number of halogens is 1. The SMILES string of the molecule is Cc1cc(C)c(S(=O)(=O)N2CCC(OCCCN)CC2)c(C)c1.Cl. The van der Waals surface area contributed by atoms with Gasteiger partial charge in [0.1, 0.15) is 0 Å². The van der Waals surface area contributed by atoms with Gasteiger partial charge in [-0.15, -0.1) is 12.4 Å². The van der Waals surface area contributed by atoms with E-state index in [-0.39, 0.29) is 18.5 Å². The van der Waals surface area contributed by atoms with Crippen molar-refractivity contribution < 1.29 is 13.2 Å². The van der Waals surface area contributed by atoms with Gasteiger partial charge in [0.2, 0.25) is 10.0 Å². The van der Waals surface area contributed by atoms with Crippen molar-refractivity contribution in [1.82, 2.24) is 4.31 Å². The van der Waals surface area contributed by atoms with Gasteiger partial charge >= 0.3 is 0 Å². The van der Waals surface area contributed by atoms with Crippen molar-refractivity contribution >= 4 is 22.4 Å². The van der Waals surface area contributed by atoms with E-state index in [1.165, 1.54) is 0 Å². The fourth-order valence-corrected chi connectivity index (χ4v) is 5.16. The number of piperidine rings is 1. The van der Waals surface area contributed by atoms with Crippen molar-refractivity contribution in [2.45, 2.75) is 51.0 Å². The quantitative estimate of drug-likeness (QED) is 0.774. The monoisotopic (exact) mass is 376 g/mol. The zero-order chi connectivity index (χ0) is 17.0. The molecule has 1 aromatic carbocycles. The molecule has 0 radical (unpaired) electrons.